The Kier molecular flexibility index (Phi) is 2.81. The van der Waals surface area contributed by atoms with Gasteiger partial charge in [-0.15, -0.1) is 0 Å². The van der Waals surface area contributed by atoms with Gasteiger partial charge in [-0.2, -0.15) is 4.98 Å². The fourth-order valence-corrected chi connectivity index (χ4v) is 0.959. The summed E-state index contributed by atoms with van der Waals surface area (Å²) in [6, 6.07) is -0.104. The average molecular weight is 169 g/mol. The first-order chi connectivity index (χ1) is 5.65. The lowest BCUT2D eigenvalue weighted by Crippen LogP contribution is -2.19. The summed E-state index contributed by atoms with van der Waals surface area (Å²) in [5, 5.41) is 3.77. The molecule has 0 fully saturated rings. The second-order valence-electron chi connectivity index (χ2n) is 3.08. The van der Waals surface area contributed by atoms with E-state index >= 15 is 0 Å². The third kappa shape index (κ3) is 1.82. The van der Waals surface area contributed by atoms with Crippen molar-refractivity contribution < 1.29 is 4.52 Å². The molecule has 0 radical (unpaired) electrons. The number of aryl methyl sites for hydroxylation is 1. The van der Waals surface area contributed by atoms with Crippen molar-refractivity contribution in [3.63, 3.8) is 0 Å². The van der Waals surface area contributed by atoms with E-state index in [0.29, 0.717) is 17.6 Å². The lowest BCUT2D eigenvalue weighted by Gasteiger charge is -2.13. The number of nitrogens with zero attached hydrogens (tertiary/aromatic N) is 2. The van der Waals surface area contributed by atoms with Gasteiger partial charge < -0.3 is 10.3 Å². The van der Waals surface area contributed by atoms with Gasteiger partial charge in [-0.05, 0) is 5.92 Å². The zero-order valence-corrected chi connectivity index (χ0v) is 7.74. The Labute approximate surface area is 72.1 Å². The molecule has 0 aliphatic carbocycles. The van der Waals surface area contributed by atoms with Crippen LogP contribution < -0.4 is 5.73 Å². The van der Waals surface area contributed by atoms with Crippen LogP contribution in [0.2, 0.25) is 0 Å². The highest BCUT2D eigenvalue weighted by atomic mass is 16.5. The quantitative estimate of drug-likeness (QED) is 0.743. The van der Waals surface area contributed by atoms with Gasteiger partial charge in [-0.1, -0.05) is 25.4 Å². The summed E-state index contributed by atoms with van der Waals surface area (Å²) in [5.41, 5.74) is 5.88. The van der Waals surface area contributed by atoms with Crippen LogP contribution in [0.15, 0.2) is 4.52 Å². The van der Waals surface area contributed by atoms with Crippen LogP contribution in [0.1, 0.15) is 38.0 Å². The second kappa shape index (κ2) is 3.67. The Morgan fingerprint density at radius 1 is 1.58 bits per heavy atom. The molecule has 0 saturated carbocycles. The van der Waals surface area contributed by atoms with Crippen LogP contribution in [0.25, 0.3) is 0 Å². The molecule has 4 nitrogen and oxygen atoms in total. The number of nitrogens with two attached hydrogens (primary N) is 1. The van der Waals surface area contributed by atoms with E-state index < -0.39 is 0 Å². The van der Waals surface area contributed by atoms with Gasteiger partial charge in [0.1, 0.15) is 0 Å². The summed E-state index contributed by atoms with van der Waals surface area (Å²) < 4.78 is 4.84. The Balaban J connectivity index is 2.70. The van der Waals surface area contributed by atoms with E-state index in [-0.39, 0.29) is 6.04 Å². The molecule has 1 heterocycles. The molecule has 68 valence electrons. The van der Waals surface area contributed by atoms with Gasteiger partial charge in [-0.3, -0.25) is 0 Å². The maximum Gasteiger partial charge on any atom is 0.223 e. The predicted octanol–water partition coefficient (Wildman–Crippen LogP) is 1.42. The van der Waals surface area contributed by atoms with Crippen molar-refractivity contribution >= 4 is 0 Å². The lowest BCUT2D eigenvalue weighted by molar-refractivity contribution is 0.367. The van der Waals surface area contributed by atoms with E-state index in [2.05, 4.69) is 24.0 Å². The van der Waals surface area contributed by atoms with Crippen LogP contribution in [0.4, 0.5) is 0 Å². The van der Waals surface area contributed by atoms with Gasteiger partial charge in [-0.25, -0.2) is 0 Å². The number of hydrogen-bond acceptors (Lipinski definition) is 4. The highest BCUT2D eigenvalue weighted by Gasteiger charge is 2.17. The minimum Gasteiger partial charge on any atom is -0.340 e. The number of rotatable bonds is 3. The van der Waals surface area contributed by atoms with E-state index in [1.54, 1.807) is 6.92 Å². The summed E-state index contributed by atoms with van der Waals surface area (Å²) in [6.07, 6.45) is 1.02. The van der Waals surface area contributed by atoms with E-state index in [1.807, 2.05) is 0 Å². The summed E-state index contributed by atoms with van der Waals surface area (Å²) in [7, 11) is 0. The second-order valence-corrected chi connectivity index (χ2v) is 3.08. The highest BCUT2D eigenvalue weighted by Crippen LogP contribution is 2.18. The van der Waals surface area contributed by atoms with Gasteiger partial charge in [0.15, 0.2) is 5.82 Å². The van der Waals surface area contributed by atoms with Crippen molar-refractivity contribution in [3.8, 4) is 0 Å². The molecule has 0 aliphatic heterocycles. The Hall–Kier alpha value is -0.900. The number of aromatic nitrogens is 2. The molecule has 2 atom stereocenters. The first kappa shape index (κ1) is 9.19. The van der Waals surface area contributed by atoms with Crippen molar-refractivity contribution in [2.24, 2.45) is 11.7 Å². The average Bonchev–Trinajstić information content (AvgIpc) is 2.49. The zero-order chi connectivity index (χ0) is 9.14. The minimum atomic E-state index is -0.104. The van der Waals surface area contributed by atoms with E-state index in [0.717, 1.165) is 6.42 Å². The monoisotopic (exact) mass is 169 g/mol. The van der Waals surface area contributed by atoms with Crippen LogP contribution in [0.3, 0.4) is 0 Å². The molecule has 0 amide bonds. The topological polar surface area (TPSA) is 64.9 Å². The molecule has 1 aromatic rings. The van der Waals surface area contributed by atoms with Crippen molar-refractivity contribution in [1.82, 2.24) is 10.1 Å². The van der Waals surface area contributed by atoms with Crippen molar-refractivity contribution in [2.75, 3.05) is 0 Å². The third-order valence-electron chi connectivity index (χ3n) is 2.10. The molecular weight excluding hydrogens is 154 g/mol. The van der Waals surface area contributed by atoms with Crippen LogP contribution in [0.5, 0.6) is 0 Å². The molecule has 0 saturated heterocycles. The van der Waals surface area contributed by atoms with E-state index in [4.69, 9.17) is 10.3 Å². The normalized spacial score (nSPS) is 16.0. The third-order valence-corrected chi connectivity index (χ3v) is 2.10. The Bertz CT molecular complexity index is 246. The van der Waals surface area contributed by atoms with Crippen molar-refractivity contribution in [2.45, 2.75) is 33.2 Å². The molecule has 0 bridgehead atoms. The molecule has 2 unspecified atom stereocenters. The van der Waals surface area contributed by atoms with Crippen molar-refractivity contribution in [1.29, 1.82) is 0 Å². The maximum absolute atomic E-state index is 5.88. The van der Waals surface area contributed by atoms with Gasteiger partial charge in [0.25, 0.3) is 0 Å². The van der Waals surface area contributed by atoms with Crippen molar-refractivity contribution in [3.05, 3.63) is 11.7 Å². The fourth-order valence-electron chi connectivity index (χ4n) is 0.959. The smallest absolute Gasteiger partial charge is 0.223 e. The number of hydrogen-bond donors (Lipinski definition) is 1. The Morgan fingerprint density at radius 3 is 2.67 bits per heavy atom. The van der Waals surface area contributed by atoms with Gasteiger partial charge in [0.2, 0.25) is 5.89 Å². The van der Waals surface area contributed by atoms with Crippen LogP contribution >= 0.6 is 0 Å². The van der Waals surface area contributed by atoms with Crippen LogP contribution in [-0.2, 0) is 0 Å². The molecule has 4 heteroatoms. The van der Waals surface area contributed by atoms with Crippen LogP contribution in [-0.4, -0.2) is 10.1 Å². The lowest BCUT2D eigenvalue weighted by atomic mass is 10.00. The van der Waals surface area contributed by atoms with Crippen LogP contribution in [0, 0.1) is 12.8 Å². The van der Waals surface area contributed by atoms with E-state index in [1.165, 1.54) is 0 Å². The Morgan fingerprint density at radius 2 is 2.25 bits per heavy atom. The van der Waals surface area contributed by atoms with Gasteiger partial charge >= 0.3 is 0 Å². The molecule has 0 spiro atoms. The largest absolute Gasteiger partial charge is 0.340 e. The summed E-state index contributed by atoms with van der Waals surface area (Å²) in [6.45, 7) is 5.94. The summed E-state index contributed by atoms with van der Waals surface area (Å²) in [4.78, 5) is 4.08. The standard InChI is InChI=1S/C8H15N3O/c1-4-5(2)7(9)8-10-6(3)12-11-8/h5,7H,4,9H2,1-3H3. The molecule has 1 rings (SSSR count). The maximum atomic E-state index is 5.88. The fraction of sp³-hybridized carbons (Fsp3) is 0.750. The predicted molar refractivity (Wildman–Crippen MR) is 45.4 cm³/mol. The molecule has 2 N–H and O–H groups in total. The summed E-state index contributed by atoms with van der Waals surface area (Å²) in [5.74, 6) is 1.58. The minimum absolute atomic E-state index is 0.104. The summed E-state index contributed by atoms with van der Waals surface area (Å²) >= 11 is 0. The molecular formula is C8H15N3O. The first-order valence-corrected chi connectivity index (χ1v) is 4.21. The van der Waals surface area contributed by atoms with Gasteiger partial charge in [0, 0.05) is 6.92 Å². The SMILES string of the molecule is CCC(C)C(N)c1noc(C)n1. The highest BCUT2D eigenvalue weighted by molar-refractivity contribution is 4.93. The molecule has 1 aromatic heterocycles. The molecule has 12 heavy (non-hydrogen) atoms. The molecule has 0 aromatic carbocycles. The zero-order valence-electron chi connectivity index (χ0n) is 7.74. The first-order valence-electron chi connectivity index (χ1n) is 4.21. The van der Waals surface area contributed by atoms with E-state index in [9.17, 15) is 0 Å². The molecule has 0 aliphatic rings. The van der Waals surface area contributed by atoms with Gasteiger partial charge in [0.05, 0.1) is 6.04 Å².